The second-order valence-corrected chi connectivity index (χ2v) is 7.36. The van der Waals surface area contributed by atoms with Gasteiger partial charge in [0.05, 0.1) is 0 Å². The van der Waals surface area contributed by atoms with Crippen LogP contribution in [0.5, 0.6) is 0 Å². The summed E-state index contributed by atoms with van der Waals surface area (Å²) in [4.78, 5) is 15.8. The molecule has 6 heteroatoms. The Morgan fingerprint density at radius 1 is 1.30 bits per heavy atom. The Labute approximate surface area is 145 Å². The van der Waals surface area contributed by atoms with Crippen LogP contribution in [-0.4, -0.2) is 37.6 Å². The van der Waals surface area contributed by atoms with Gasteiger partial charge < -0.3 is 15.5 Å². The van der Waals surface area contributed by atoms with E-state index >= 15 is 0 Å². The number of nitrogens with zero attached hydrogens (tertiary/aromatic N) is 1. The summed E-state index contributed by atoms with van der Waals surface area (Å²) in [5.41, 5.74) is 0.741. The molecule has 1 saturated heterocycles. The van der Waals surface area contributed by atoms with Crippen molar-refractivity contribution in [2.24, 2.45) is 5.92 Å². The number of amides is 2. The van der Waals surface area contributed by atoms with Gasteiger partial charge in [0.1, 0.15) is 0 Å². The zero-order valence-corrected chi connectivity index (χ0v) is 14.5. The maximum absolute atomic E-state index is 12.1. The normalized spacial score (nSPS) is 21.3. The molecule has 3 rings (SSSR count). The van der Waals surface area contributed by atoms with Crippen LogP contribution in [0.25, 0.3) is 0 Å². The minimum absolute atomic E-state index is 0.174. The molecule has 0 unspecified atom stereocenters. The number of carbonyl (C=O) groups is 1. The topological polar surface area (TPSA) is 44.4 Å². The highest BCUT2D eigenvalue weighted by atomic mass is 35.5. The molecule has 2 N–H and O–H groups in total. The van der Waals surface area contributed by atoms with E-state index < -0.39 is 0 Å². The Bertz CT molecular complexity index is 644. The molecule has 23 heavy (non-hydrogen) atoms. The van der Waals surface area contributed by atoms with Crippen molar-refractivity contribution in [3.05, 3.63) is 51.7 Å². The predicted molar refractivity (Wildman–Crippen MR) is 96.5 cm³/mol. The van der Waals surface area contributed by atoms with Crippen molar-refractivity contribution in [1.82, 2.24) is 10.2 Å². The quantitative estimate of drug-likeness (QED) is 0.880. The Balaban J connectivity index is 1.54. The molecule has 0 aliphatic carbocycles. The van der Waals surface area contributed by atoms with E-state index in [2.05, 4.69) is 40.1 Å². The van der Waals surface area contributed by atoms with Gasteiger partial charge in [-0.3, -0.25) is 0 Å². The number of halogens is 1. The summed E-state index contributed by atoms with van der Waals surface area (Å²) in [6.45, 7) is 2.72. The van der Waals surface area contributed by atoms with Crippen molar-refractivity contribution >= 4 is 34.7 Å². The first-order valence-electron chi connectivity index (χ1n) is 7.64. The number of urea groups is 1. The molecular formula is C17H20ClN3OS. The molecule has 1 aliphatic rings. The lowest BCUT2D eigenvalue weighted by Gasteiger charge is -2.18. The van der Waals surface area contributed by atoms with E-state index in [1.54, 1.807) is 35.6 Å². The molecule has 0 bridgehead atoms. The van der Waals surface area contributed by atoms with E-state index in [1.807, 2.05) is 0 Å². The van der Waals surface area contributed by atoms with Gasteiger partial charge in [-0.1, -0.05) is 17.7 Å². The van der Waals surface area contributed by atoms with Gasteiger partial charge in [-0.15, -0.1) is 11.3 Å². The van der Waals surface area contributed by atoms with Crippen LogP contribution in [-0.2, 0) is 0 Å². The predicted octanol–water partition coefficient (Wildman–Crippen LogP) is 3.87. The fourth-order valence-corrected chi connectivity index (χ4v) is 4.09. The van der Waals surface area contributed by atoms with Gasteiger partial charge >= 0.3 is 6.03 Å². The summed E-state index contributed by atoms with van der Waals surface area (Å²) in [6.07, 6.45) is 0. The first-order valence-corrected chi connectivity index (χ1v) is 8.90. The molecule has 1 fully saturated rings. The molecule has 122 valence electrons. The van der Waals surface area contributed by atoms with E-state index in [0.29, 0.717) is 23.4 Å². The Hall–Kier alpha value is -1.56. The molecule has 4 nitrogen and oxygen atoms in total. The summed E-state index contributed by atoms with van der Waals surface area (Å²) >= 11 is 7.64. The molecule has 2 atom stereocenters. The minimum atomic E-state index is -0.174. The summed E-state index contributed by atoms with van der Waals surface area (Å²) in [7, 11) is 2.13. The highest BCUT2D eigenvalue weighted by molar-refractivity contribution is 7.10. The fourth-order valence-electron chi connectivity index (χ4n) is 3.05. The first-order chi connectivity index (χ1) is 11.1. The maximum atomic E-state index is 12.1. The highest BCUT2D eigenvalue weighted by Gasteiger charge is 2.32. The first kappa shape index (κ1) is 16.3. The summed E-state index contributed by atoms with van der Waals surface area (Å²) < 4.78 is 0. The van der Waals surface area contributed by atoms with Gasteiger partial charge in [0.2, 0.25) is 0 Å². The molecule has 2 heterocycles. The number of carbonyl (C=O) groups excluding carboxylic acids is 1. The molecule has 0 saturated carbocycles. The molecule has 1 aliphatic heterocycles. The van der Waals surface area contributed by atoms with Gasteiger partial charge in [-0.2, -0.15) is 0 Å². The molecule has 1 aromatic heterocycles. The van der Waals surface area contributed by atoms with Gasteiger partial charge in [-0.25, -0.2) is 4.79 Å². The number of benzene rings is 1. The fraction of sp³-hybridized carbons (Fsp3) is 0.353. The van der Waals surface area contributed by atoms with E-state index in [1.165, 1.54) is 4.88 Å². The van der Waals surface area contributed by atoms with Crippen LogP contribution in [0.3, 0.4) is 0 Å². The maximum Gasteiger partial charge on any atom is 0.319 e. The van der Waals surface area contributed by atoms with Crippen molar-refractivity contribution in [1.29, 1.82) is 0 Å². The molecule has 0 radical (unpaired) electrons. The second-order valence-electron chi connectivity index (χ2n) is 5.95. The SMILES string of the molecule is CN1C[C@H](CNC(=O)Nc2ccc(Cl)cc2)[C@@H](c2cccs2)C1. The van der Waals surface area contributed by atoms with Crippen molar-refractivity contribution in [2.75, 3.05) is 32.0 Å². The third-order valence-electron chi connectivity index (χ3n) is 4.16. The average Bonchev–Trinajstić information content (AvgIpc) is 3.16. The van der Waals surface area contributed by atoms with Gasteiger partial charge in [0.25, 0.3) is 0 Å². The number of anilines is 1. The van der Waals surface area contributed by atoms with Crippen molar-refractivity contribution < 1.29 is 4.79 Å². The monoisotopic (exact) mass is 349 g/mol. The Morgan fingerprint density at radius 3 is 2.78 bits per heavy atom. The molecule has 2 amide bonds. The molecule has 2 aromatic rings. The van der Waals surface area contributed by atoms with E-state index in [9.17, 15) is 4.79 Å². The van der Waals surface area contributed by atoms with Crippen LogP contribution < -0.4 is 10.6 Å². The minimum Gasteiger partial charge on any atom is -0.338 e. The number of hydrogen-bond acceptors (Lipinski definition) is 3. The standard InChI is InChI=1S/C17H20ClN3OS/c1-21-10-12(15(11-21)16-3-2-8-23-16)9-19-17(22)20-14-6-4-13(18)5-7-14/h2-8,12,15H,9-11H2,1H3,(H2,19,20,22)/t12-,15-/m0/s1. The van der Waals surface area contributed by atoms with Gasteiger partial charge in [0.15, 0.2) is 0 Å². The van der Waals surface area contributed by atoms with E-state index in [0.717, 1.165) is 18.8 Å². The van der Waals surface area contributed by atoms with Crippen molar-refractivity contribution in [3.63, 3.8) is 0 Å². The number of likely N-dealkylation sites (tertiary alicyclic amines) is 1. The number of thiophene rings is 1. The molecule has 0 spiro atoms. The third kappa shape index (κ3) is 4.25. The van der Waals surface area contributed by atoms with E-state index in [4.69, 9.17) is 11.6 Å². The van der Waals surface area contributed by atoms with Crippen LogP contribution in [0.4, 0.5) is 10.5 Å². The third-order valence-corrected chi connectivity index (χ3v) is 5.42. The molecule has 1 aromatic carbocycles. The summed E-state index contributed by atoms with van der Waals surface area (Å²) in [6, 6.07) is 11.2. The van der Waals surface area contributed by atoms with Crippen molar-refractivity contribution in [2.45, 2.75) is 5.92 Å². The van der Waals surface area contributed by atoms with Crippen LogP contribution in [0.2, 0.25) is 5.02 Å². The van der Waals surface area contributed by atoms with Gasteiger partial charge in [-0.05, 0) is 48.7 Å². The zero-order chi connectivity index (χ0) is 16.2. The number of rotatable bonds is 4. The Morgan fingerprint density at radius 2 is 2.09 bits per heavy atom. The summed E-state index contributed by atoms with van der Waals surface area (Å²) in [5.74, 6) is 0.936. The second kappa shape index (κ2) is 7.34. The van der Waals surface area contributed by atoms with Crippen LogP contribution in [0, 0.1) is 5.92 Å². The number of hydrogen-bond donors (Lipinski definition) is 2. The number of likely N-dealkylation sites (N-methyl/N-ethyl adjacent to an activating group) is 1. The van der Waals surface area contributed by atoms with Crippen LogP contribution in [0.15, 0.2) is 41.8 Å². The van der Waals surface area contributed by atoms with Crippen molar-refractivity contribution in [3.8, 4) is 0 Å². The van der Waals surface area contributed by atoms with Crippen LogP contribution >= 0.6 is 22.9 Å². The lowest BCUT2D eigenvalue weighted by Crippen LogP contribution is -2.35. The largest absolute Gasteiger partial charge is 0.338 e. The summed E-state index contributed by atoms with van der Waals surface area (Å²) in [5, 5.41) is 8.60. The smallest absolute Gasteiger partial charge is 0.319 e. The highest BCUT2D eigenvalue weighted by Crippen LogP contribution is 2.34. The molecular weight excluding hydrogens is 330 g/mol. The number of nitrogens with one attached hydrogen (secondary N) is 2. The lowest BCUT2D eigenvalue weighted by molar-refractivity contribution is 0.249. The zero-order valence-electron chi connectivity index (χ0n) is 13.0. The Kier molecular flexibility index (Phi) is 5.20. The average molecular weight is 350 g/mol. The van der Waals surface area contributed by atoms with Crippen LogP contribution in [0.1, 0.15) is 10.8 Å². The lowest BCUT2D eigenvalue weighted by atomic mass is 9.94. The van der Waals surface area contributed by atoms with Gasteiger partial charge in [0, 0.05) is 41.1 Å². The van der Waals surface area contributed by atoms with E-state index in [-0.39, 0.29) is 6.03 Å².